The van der Waals surface area contributed by atoms with E-state index in [0.717, 1.165) is 12.1 Å². The van der Waals surface area contributed by atoms with E-state index in [1.54, 1.807) is 18.3 Å². The van der Waals surface area contributed by atoms with Crippen LogP contribution in [0.3, 0.4) is 0 Å². The first-order chi connectivity index (χ1) is 12.1. The third kappa shape index (κ3) is 3.50. The summed E-state index contributed by atoms with van der Waals surface area (Å²) in [6, 6.07) is 9.89. The molecule has 0 radical (unpaired) electrons. The number of pyridine rings is 1. The molecule has 0 atom stereocenters. The summed E-state index contributed by atoms with van der Waals surface area (Å²) >= 11 is 0. The Bertz CT molecular complexity index is 1000. The van der Waals surface area contributed by atoms with Crippen molar-refractivity contribution in [3.63, 3.8) is 0 Å². The van der Waals surface area contributed by atoms with Crippen LogP contribution >= 0.6 is 0 Å². The minimum absolute atomic E-state index is 0.0685. The molecule has 0 unspecified atom stereocenters. The van der Waals surface area contributed by atoms with Gasteiger partial charge in [0.05, 0.1) is 16.6 Å². The van der Waals surface area contributed by atoms with Crippen molar-refractivity contribution in [1.29, 1.82) is 0 Å². The summed E-state index contributed by atoms with van der Waals surface area (Å²) in [6.07, 6.45) is 6.54. The average molecular weight is 335 g/mol. The number of hydrogen-bond donors (Lipinski definition) is 1. The molecule has 2 heterocycles. The number of aromatic nitrogens is 1. The molecule has 0 aliphatic rings. The highest BCUT2D eigenvalue weighted by Crippen LogP contribution is 2.20. The molecule has 0 saturated heterocycles. The van der Waals surface area contributed by atoms with Crippen molar-refractivity contribution in [1.82, 2.24) is 4.98 Å². The summed E-state index contributed by atoms with van der Waals surface area (Å²) < 4.78 is 5.88. The van der Waals surface area contributed by atoms with Crippen LogP contribution in [-0.2, 0) is 6.42 Å². The summed E-state index contributed by atoms with van der Waals surface area (Å²) in [7, 11) is 0. The van der Waals surface area contributed by atoms with Crippen molar-refractivity contribution >= 4 is 29.1 Å². The first kappa shape index (κ1) is 16.6. The second-order valence-electron chi connectivity index (χ2n) is 5.63. The highest BCUT2D eigenvalue weighted by molar-refractivity contribution is 5.93. The van der Waals surface area contributed by atoms with Crippen molar-refractivity contribution in [2.75, 3.05) is 0 Å². The maximum atomic E-state index is 12.8. The van der Waals surface area contributed by atoms with Crippen LogP contribution in [0.25, 0.3) is 23.1 Å². The number of carbonyl (C=O) groups is 1. The molecule has 0 spiro atoms. The Morgan fingerprint density at radius 2 is 2.08 bits per heavy atom. The zero-order valence-electron chi connectivity index (χ0n) is 13.7. The molecule has 0 amide bonds. The van der Waals surface area contributed by atoms with Gasteiger partial charge in [-0.3, -0.25) is 9.78 Å². The number of nitrogens with zero attached hydrogens (tertiary/aromatic N) is 1. The van der Waals surface area contributed by atoms with Gasteiger partial charge in [0.15, 0.2) is 5.43 Å². The van der Waals surface area contributed by atoms with E-state index in [2.05, 4.69) is 4.98 Å². The molecule has 0 fully saturated rings. The standard InChI is InChI=1S/C20H17NO4/c1-2-5-15-17(10-8-14-6-3-4-11-21-14)25-18-9-7-13(20(23)24)12-16(18)19(15)22/h3-4,6-12H,2,5H2,1H3,(H,23,24)/b10-8+. The number of aromatic carboxylic acids is 1. The summed E-state index contributed by atoms with van der Waals surface area (Å²) in [5.74, 6) is -0.592. The Balaban J connectivity index is 2.16. The fraction of sp³-hybridized carbons (Fsp3) is 0.150. The third-order valence-corrected chi connectivity index (χ3v) is 3.86. The first-order valence-electron chi connectivity index (χ1n) is 8.02. The molecule has 1 aromatic carbocycles. The number of carboxylic acids is 1. The van der Waals surface area contributed by atoms with E-state index in [-0.39, 0.29) is 11.0 Å². The lowest BCUT2D eigenvalue weighted by molar-refractivity contribution is 0.0697. The topological polar surface area (TPSA) is 80.4 Å². The van der Waals surface area contributed by atoms with Gasteiger partial charge < -0.3 is 9.52 Å². The lowest BCUT2D eigenvalue weighted by Gasteiger charge is -2.07. The van der Waals surface area contributed by atoms with Gasteiger partial charge in [-0.05, 0) is 48.9 Å². The number of fused-ring (bicyclic) bond motifs is 1. The predicted molar refractivity (Wildman–Crippen MR) is 96.6 cm³/mol. The second kappa shape index (κ2) is 7.13. The summed E-state index contributed by atoms with van der Waals surface area (Å²) in [4.78, 5) is 28.2. The lowest BCUT2D eigenvalue weighted by atomic mass is 10.0. The molecular weight excluding hydrogens is 318 g/mol. The molecule has 0 saturated carbocycles. The van der Waals surface area contributed by atoms with Crippen LogP contribution in [-0.4, -0.2) is 16.1 Å². The van der Waals surface area contributed by atoms with Gasteiger partial charge in [-0.1, -0.05) is 19.4 Å². The van der Waals surface area contributed by atoms with Gasteiger partial charge >= 0.3 is 5.97 Å². The maximum absolute atomic E-state index is 12.8. The van der Waals surface area contributed by atoms with E-state index < -0.39 is 5.97 Å². The second-order valence-corrected chi connectivity index (χ2v) is 5.63. The van der Waals surface area contributed by atoms with Crippen LogP contribution < -0.4 is 5.43 Å². The van der Waals surface area contributed by atoms with Crippen molar-refractivity contribution in [3.05, 3.63) is 75.4 Å². The Hall–Kier alpha value is -3.21. The minimum atomic E-state index is -1.07. The van der Waals surface area contributed by atoms with E-state index >= 15 is 0 Å². The molecule has 0 aliphatic carbocycles. The Morgan fingerprint density at radius 3 is 2.76 bits per heavy atom. The smallest absolute Gasteiger partial charge is 0.335 e. The largest absolute Gasteiger partial charge is 0.478 e. The predicted octanol–water partition coefficient (Wildman–Crippen LogP) is 4.01. The quantitative estimate of drug-likeness (QED) is 0.762. The third-order valence-electron chi connectivity index (χ3n) is 3.86. The van der Waals surface area contributed by atoms with E-state index in [0.29, 0.717) is 28.7 Å². The molecule has 25 heavy (non-hydrogen) atoms. The Labute approximate surface area is 144 Å². The summed E-state index contributed by atoms with van der Waals surface area (Å²) in [5, 5.41) is 9.41. The fourth-order valence-corrected chi connectivity index (χ4v) is 2.64. The van der Waals surface area contributed by atoms with Crippen molar-refractivity contribution in [2.24, 2.45) is 0 Å². The number of carboxylic acid groups (broad SMARTS) is 1. The number of hydrogen-bond acceptors (Lipinski definition) is 4. The van der Waals surface area contributed by atoms with Gasteiger partial charge in [0.25, 0.3) is 0 Å². The normalized spacial score (nSPS) is 11.2. The zero-order valence-corrected chi connectivity index (χ0v) is 13.7. The van der Waals surface area contributed by atoms with E-state index in [1.165, 1.54) is 18.2 Å². The molecule has 5 nitrogen and oxygen atoms in total. The Morgan fingerprint density at radius 1 is 1.24 bits per heavy atom. The minimum Gasteiger partial charge on any atom is -0.478 e. The molecule has 1 N–H and O–H groups in total. The van der Waals surface area contributed by atoms with Crippen LogP contribution in [0, 0.1) is 0 Å². The van der Waals surface area contributed by atoms with Crippen molar-refractivity contribution in [3.8, 4) is 0 Å². The molecule has 0 aliphatic heterocycles. The SMILES string of the molecule is CCCc1c(/C=C/c2ccccn2)oc2ccc(C(=O)O)cc2c1=O. The van der Waals surface area contributed by atoms with Crippen LogP contribution in [0.5, 0.6) is 0 Å². The highest BCUT2D eigenvalue weighted by Gasteiger charge is 2.14. The van der Waals surface area contributed by atoms with Crippen LogP contribution in [0.2, 0.25) is 0 Å². The van der Waals surface area contributed by atoms with E-state index in [9.17, 15) is 9.59 Å². The van der Waals surface area contributed by atoms with Gasteiger partial charge in [0, 0.05) is 11.8 Å². The molecule has 2 aromatic heterocycles. The molecule has 5 heteroatoms. The van der Waals surface area contributed by atoms with Crippen LogP contribution in [0.15, 0.2) is 51.8 Å². The molecule has 3 rings (SSSR count). The number of rotatable bonds is 5. The highest BCUT2D eigenvalue weighted by atomic mass is 16.4. The molecule has 126 valence electrons. The summed E-state index contributed by atoms with van der Waals surface area (Å²) in [5.41, 5.74) is 1.56. The van der Waals surface area contributed by atoms with Gasteiger partial charge in [0.1, 0.15) is 11.3 Å². The molecular formula is C20H17NO4. The van der Waals surface area contributed by atoms with Crippen LogP contribution in [0.1, 0.15) is 40.7 Å². The average Bonchev–Trinajstić information content (AvgIpc) is 2.63. The zero-order chi connectivity index (χ0) is 17.8. The first-order valence-corrected chi connectivity index (χ1v) is 8.02. The van der Waals surface area contributed by atoms with Gasteiger partial charge in [0.2, 0.25) is 0 Å². The monoisotopic (exact) mass is 335 g/mol. The van der Waals surface area contributed by atoms with E-state index in [1.807, 2.05) is 25.1 Å². The Kier molecular flexibility index (Phi) is 4.75. The van der Waals surface area contributed by atoms with Crippen molar-refractivity contribution < 1.29 is 14.3 Å². The lowest BCUT2D eigenvalue weighted by Crippen LogP contribution is -2.12. The van der Waals surface area contributed by atoms with E-state index in [4.69, 9.17) is 9.52 Å². The van der Waals surface area contributed by atoms with Crippen molar-refractivity contribution in [2.45, 2.75) is 19.8 Å². The van der Waals surface area contributed by atoms with Crippen LogP contribution in [0.4, 0.5) is 0 Å². The maximum Gasteiger partial charge on any atom is 0.335 e. The fourth-order valence-electron chi connectivity index (χ4n) is 2.64. The van der Waals surface area contributed by atoms with Gasteiger partial charge in [-0.2, -0.15) is 0 Å². The molecule has 0 bridgehead atoms. The van der Waals surface area contributed by atoms with Gasteiger partial charge in [-0.25, -0.2) is 4.79 Å². The number of benzene rings is 1. The van der Waals surface area contributed by atoms with Gasteiger partial charge in [-0.15, -0.1) is 0 Å². The molecule has 3 aromatic rings. The summed E-state index contributed by atoms with van der Waals surface area (Å²) in [6.45, 7) is 1.98.